The number of aromatic nitrogens is 1. The quantitative estimate of drug-likeness (QED) is 0.916. The molecular formula is C17H20ClN3OS. The average molecular weight is 350 g/mol. The highest BCUT2D eigenvalue weighted by Crippen LogP contribution is 2.32. The van der Waals surface area contributed by atoms with Gasteiger partial charge in [-0.3, -0.25) is 0 Å². The first-order valence-electron chi connectivity index (χ1n) is 8.14. The van der Waals surface area contributed by atoms with Crippen LogP contribution < -0.4 is 15.0 Å². The van der Waals surface area contributed by atoms with Gasteiger partial charge in [-0.2, -0.15) is 0 Å². The highest BCUT2D eigenvalue weighted by atomic mass is 35.5. The Bertz CT molecular complexity index is 684. The summed E-state index contributed by atoms with van der Waals surface area (Å²) in [6.45, 7) is 3.65. The molecule has 0 radical (unpaired) electrons. The van der Waals surface area contributed by atoms with Crippen LogP contribution >= 0.6 is 22.9 Å². The molecule has 2 aliphatic rings. The zero-order valence-corrected chi connectivity index (χ0v) is 14.5. The van der Waals surface area contributed by atoms with Crippen molar-refractivity contribution in [2.24, 2.45) is 0 Å². The van der Waals surface area contributed by atoms with Gasteiger partial charge in [0, 0.05) is 25.7 Å². The molecule has 23 heavy (non-hydrogen) atoms. The van der Waals surface area contributed by atoms with Crippen LogP contribution in [0.25, 0.3) is 0 Å². The van der Waals surface area contributed by atoms with Crippen molar-refractivity contribution in [3.05, 3.63) is 39.9 Å². The number of nitrogens with one attached hydrogen (secondary N) is 1. The first-order valence-corrected chi connectivity index (χ1v) is 9.33. The fourth-order valence-electron chi connectivity index (χ4n) is 3.17. The number of halogens is 1. The Morgan fingerprint density at radius 1 is 1.30 bits per heavy atom. The van der Waals surface area contributed by atoms with Crippen LogP contribution in [0.4, 0.5) is 5.13 Å². The smallest absolute Gasteiger partial charge is 0.187 e. The fourth-order valence-corrected chi connectivity index (χ4v) is 4.44. The lowest BCUT2D eigenvalue weighted by Gasteiger charge is -2.25. The van der Waals surface area contributed by atoms with E-state index in [0.717, 1.165) is 41.8 Å². The van der Waals surface area contributed by atoms with E-state index in [1.165, 1.54) is 18.4 Å². The van der Waals surface area contributed by atoms with Crippen LogP contribution in [0.5, 0.6) is 5.75 Å². The van der Waals surface area contributed by atoms with E-state index >= 15 is 0 Å². The van der Waals surface area contributed by atoms with Gasteiger partial charge in [-0.05, 0) is 30.9 Å². The lowest BCUT2D eigenvalue weighted by atomic mass is 10.0. The average Bonchev–Trinajstić information content (AvgIpc) is 3.22. The third kappa shape index (κ3) is 3.32. The maximum Gasteiger partial charge on any atom is 0.187 e. The molecule has 0 amide bonds. The van der Waals surface area contributed by atoms with Crippen molar-refractivity contribution in [1.29, 1.82) is 0 Å². The molecule has 4 nitrogen and oxygen atoms in total. The van der Waals surface area contributed by atoms with Crippen molar-refractivity contribution in [2.45, 2.75) is 31.8 Å². The Labute approximate surface area is 145 Å². The van der Waals surface area contributed by atoms with E-state index in [2.05, 4.69) is 27.3 Å². The predicted molar refractivity (Wildman–Crippen MR) is 94.8 cm³/mol. The van der Waals surface area contributed by atoms with Crippen molar-refractivity contribution < 1.29 is 4.74 Å². The van der Waals surface area contributed by atoms with Crippen molar-refractivity contribution in [2.75, 3.05) is 24.6 Å². The van der Waals surface area contributed by atoms with Gasteiger partial charge in [0.2, 0.25) is 0 Å². The summed E-state index contributed by atoms with van der Waals surface area (Å²) in [6, 6.07) is 8.57. The highest BCUT2D eigenvalue weighted by molar-refractivity contribution is 7.16. The normalized spacial score (nSPS) is 20.4. The molecule has 1 aromatic carbocycles. The molecular weight excluding hydrogens is 330 g/mol. The predicted octanol–water partition coefficient (Wildman–Crippen LogP) is 3.49. The fraction of sp³-hybridized carbons (Fsp3) is 0.471. The van der Waals surface area contributed by atoms with Crippen molar-refractivity contribution in [3.8, 4) is 5.75 Å². The van der Waals surface area contributed by atoms with Crippen molar-refractivity contribution in [3.63, 3.8) is 0 Å². The lowest BCUT2D eigenvalue weighted by molar-refractivity contribution is 0.238. The van der Waals surface area contributed by atoms with Crippen LogP contribution in [0.1, 0.15) is 23.3 Å². The van der Waals surface area contributed by atoms with Crippen LogP contribution in [0, 0.1) is 0 Å². The molecule has 1 atom stereocenters. The van der Waals surface area contributed by atoms with E-state index in [1.807, 2.05) is 12.1 Å². The molecule has 0 bridgehead atoms. The second-order valence-electron chi connectivity index (χ2n) is 6.11. The molecule has 0 saturated carbocycles. The Hall–Kier alpha value is -1.30. The molecule has 3 heterocycles. The van der Waals surface area contributed by atoms with Crippen LogP contribution in [0.2, 0.25) is 5.15 Å². The highest BCUT2D eigenvalue weighted by Gasteiger charge is 2.21. The second-order valence-corrected chi connectivity index (χ2v) is 7.53. The zero-order valence-electron chi connectivity index (χ0n) is 12.9. The van der Waals surface area contributed by atoms with Gasteiger partial charge in [0.15, 0.2) is 5.13 Å². The van der Waals surface area contributed by atoms with Gasteiger partial charge in [0.05, 0.1) is 4.88 Å². The topological polar surface area (TPSA) is 37.4 Å². The molecule has 6 heteroatoms. The molecule has 1 fully saturated rings. The largest absolute Gasteiger partial charge is 0.492 e. The molecule has 0 aliphatic carbocycles. The summed E-state index contributed by atoms with van der Waals surface area (Å²) in [7, 11) is 0. The van der Waals surface area contributed by atoms with Gasteiger partial charge >= 0.3 is 0 Å². The van der Waals surface area contributed by atoms with E-state index in [1.54, 1.807) is 11.3 Å². The number of rotatable bonds is 4. The molecule has 1 saturated heterocycles. The minimum absolute atomic E-state index is 0.318. The van der Waals surface area contributed by atoms with E-state index in [-0.39, 0.29) is 0 Å². The van der Waals surface area contributed by atoms with Crippen LogP contribution in [0.15, 0.2) is 24.3 Å². The zero-order chi connectivity index (χ0) is 15.6. The van der Waals surface area contributed by atoms with Gasteiger partial charge in [0.1, 0.15) is 17.5 Å². The number of thiazole rings is 1. The number of hydrogen-bond acceptors (Lipinski definition) is 5. The standard InChI is InChI=1S/C17H20ClN3OS/c18-16-15(23-17(20-16)21-7-3-4-8-21)10-19-13-9-12-5-1-2-6-14(12)22-11-13/h1-2,5-6,13,19H,3-4,7-11H2. The van der Waals surface area contributed by atoms with Gasteiger partial charge in [0.25, 0.3) is 0 Å². The minimum Gasteiger partial charge on any atom is -0.492 e. The third-order valence-electron chi connectivity index (χ3n) is 4.45. The third-order valence-corrected chi connectivity index (χ3v) is 5.99. The molecule has 2 aliphatic heterocycles. The lowest BCUT2D eigenvalue weighted by Crippen LogP contribution is -2.38. The number of anilines is 1. The molecule has 1 N–H and O–H groups in total. The van der Waals surface area contributed by atoms with Gasteiger partial charge in [-0.1, -0.05) is 41.1 Å². The summed E-state index contributed by atoms with van der Waals surface area (Å²) in [6.07, 6.45) is 3.50. The first-order chi connectivity index (χ1) is 11.3. The number of hydrogen-bond donors (Lipinski definition) is 1. The SMILES string of the molecule is Clc1nc(N2CCCC2)sc1CNC1COc2ccccc2C1. The van der Waals surface area contributed by atoms with E-state index in [9.17, 15) is 0 Å². The number of para-hydroxylation sites is 1. The first kappa shape index (κ1) is 15.2. The minimum atomic E-state index is 0.318. The van der Waals surface area contributed by atoms with Crippen LogP contribution in [-0.2, 0) is 13.0 Å². The number of nitrogens with zero attached hydrogens (tertiary/aromatic N) is 2. The van der Waals surface area contributed by atoms with Crippen LogP contribution in [-0.4, -0.2) is 30.7 Å². The Morgan fingerprint density at radius 3 is 3.00 bits per heavy atom. The molecule has 2 aromatic rings. The summed E-state index contributed by atoms with van der Waals surface area (Å²) in [5.41, 5.74) is 1.27. The second kappa shape index (κ2) is 6.67. The molecule has 1 unspecified atom stereocenters. The number of ether oxygens (including phenoxy) is 1. The van der Waals surface area contributed by atoms with Crippen molar-refractivity contribution >= 4 is 28.1 Å². The maximum absolute atomic E-state index is 6.32. The Morgan fingerprint density at radius 2 is 2.13 bits per heavy atom. The summed E-state index contributed by atoms with van der Waals surface area (Å²) >= 11 is 8.03. The van der Waals surface area contributed by atoms with Gasteiger partial charge in [-0.15, -0.1) is 0 Å². The summed E-state index contributed by atoms with van der Waals surface area (Å²) in [4.78, 5) is 7.98. The van der Waals surface area contributed by atoms with Crippen LogP contribution in [0.3, 0.4) is 0 Å². The summed E-state index contributed by atoms with van der Waals surface area (Å²) in [5, 5.41) is 5.27. The monoisotopic (exact) mass is 349 g/mol. The summed E-state index contributed by atoms with van der Waals surface area (Å²) < 4.78 is 5.83. The molecule has 4 rings (SSSR count). The molecule has 0 spiro atoms. The molecule has 1 aromatic heterocycles. The van der Waals surface area contributed by atoms with E-state index in [0.29, 0.717) is 17.8 Å². The van der Waals surface area contributed by atoms with Gasteiger partial charge < -0.3 is 15.0 Å². The molecule has 122 valence electrons. The Kier molecular flexibility index (Phi) is 4.42. The van der Waals surface area contributed by atoms with Gasteiger partial charge in [-0.25, -0.2) is 4.98 Å². The van der Waals surface area contributed by atoms with E-state index < -0.39 is 0 Å². The number of benzene rings is 1. The van der Waals surface area contributed by atoms with Crippen molar-refractivity contribution in [1.82, 2.24) is 10.3 Å². The van der Waals surface area contributed by atoms with E-state index in [4.69, 9.17) is 16.3 Å². The summed E-state index contributed by atoms with van der Waals surface area (Å²) in [5.74, 6) is 1.01. The Balaban J connectivity index is 1.38. The maximum atomic E-state index is 6.32. The number of fused-ring (bicyclic) bond motifs is 1.